The van der Waals surface area contributed by atoms with E-state index in [9.17, 15) is 4.79 Å². The summed E-state index contributed by atoms with van der Waals surface area (Å²) in [4.78, 5) is 12.3. The molecule has 0 fully saturated rings. The lowest BCUT2D eigenvalue weighted by Gasteiger charge is -2.17. The van der Waals surface area contributed by atoms with Gasteiger partial charge in [-0.1, -0.05) is 46.7 Å². The maximum atomic E-state index is 12.3. The van der Waals surface area contributed by atoms with Gasteiger partial charge in [-0.15, -0.1) is 10.2 Å². The highest BCUT2D eigenvalue weighted by Gasteiger charge is 2.15. The Balaban J connectivity index is 1.55. The van der Waals surface area contributed by atoms with Gasteiger partial charge < -0.3 is 14.5 Å². The van der Waals surface area contributed by atoms with Crippen molar-refractivity contribution in [2.45, 2.75) is 24.6 Å². The van der Waals surface area contributed by atoms with Crippen molar-refractivity contribution in [1.82, 2.24) is 15.5 Å². The molecule has 0 spiro atoms. The minimum Gasteiger partial charge on any atom is -0.497 e. The van der Waals surface area contributed by atoms with Crippen molar-refractivity contribution in [3.05, 3.63) is 58.6 Å². The quantitative estimate of drug-likeness (QED) is 0.482. The zero-order chi connectivity index (χ0) is 19.9. The summed E-state index contributed by atoms with van der Waals surface area (Å²) >= 11 is 4.64. The van der Waals surface area contributed by atoms with Gasteiger partial charge in [0.2, 0.25) is 11.8 Å². The van der Waals surface area contributed by atoms with Crippen LogP contribution in [0.3, 0.4) is 0 Å². The molecule has 1 unspecified atom stereocenters. The van der Waals surface area contributed by atoms with E-state index in [0.717, 1.165) is 27.8 Å². The van der Waals surface area contributed by atoms with Crippen LogP contribution in [0.2, 0.25) is 0 Å². The van der Waals surface area contributed by atoms with Crippen LogP contribution in [0.4, 0.5) is 0 Å². The first-order chi connectivity index (χ1) is 13.6. The Morgan fingerprint density at radius 3 is 2.54 bits per heavy atom. The summed E-state index contributed by atoms with van der Waals surface area (Å²) < 4.78 is 11.8. The topological polar surface area (TPSA) is 77.2 Å². The van der Waals surface area contributed by atoms with Crippen molar-refractivity contribution >= 4 is 33.6 Å². The zero-order valence-electron chi connectivity index (χ0n) is 15.5. The van der Waals surface area contributed by atoms with Crippen LogP contribution in [0.25, 0.3) is 11.5 Å². The molecule has 2 aromatic carbocycles. The summed E-state index contributed by atoms with van der Waals surface area (Å²) in [6, 6.07) is 15.3. The van der Waals surface area contributed by atoms with E-state index in [2.05, 4.69) is 31.4 Å². The fraction of sp³-hybridized carbons (Fsp3) is 0.250. The van der Waals surface area contributed by atoms with Gasteiger partial charge in [0, 0.05) is 10.0 Å². The molecule has 146 valence electrons. The predicted octanol–water partition coefficient (Wildman–Crippen LogP) is 4.87. The molecular formula is C20H20BrN3O3S. The monoisotopic (exact) mass is 461 g/mol. The van der Waals surface area contributed by atoms with Crippen molar-refractivity contribution in [2.24, 2.45) is 0 Å². The van der Waals surface area contributed by atoms with Crippen LogP contribution in [0.1, 0.15) is 24.9 Å². The number of methoxy groups -OCH3 is 1. The molecule has 0 bridgehead atoms. The van der Waals surface area contributed by atoms with Gasteiger partial charge in [0.05, 0.1) is 18.9 Å². The number of hydrogen-bond donors (Lipinski definition) is 1. The fourth-order valence-electron chi connectivity index (χ4n) is 2.60. The zero-order valence-corrected chi connectivity index (χ0v) is 17.9. The largest absolute Gasteiger partial charge is 0.497 e. The number of carbonyl (C=O) groups is 1. The molecular weight excluding hydrogens is 442 g/mol. The molecule has 8 heteroatoms. The molecule has 6 nitrogen and oxygen atoms in total. The highest BCUT2D eigenvalue weighted by molar-refractivity contribution is 9.10. The summed E-state index contributed by atoms with van der Waals surface area (Å²) in [6.07, 6.45) is 0.806. The number of ether oxygens (including phenoxy) is 1. The summed E-state index contributed by atoms with van der Waals surface area (Å²) in [5.41, 5.74) is 1.87. The lowest BCUT2D eigenvalue weighted by Crippen LogP contribution is -2.29. The lowest BCUT2D eigenvalue weighted by molar-refractivity contribution is -0.119. The van der Waals surface area contributed by atoms with Crippen LogP contribution in [0.5, 0.6) is 5.75 Å². The summed E-state index contributed by atoms with van der Waals surface area (Å²) in [7, 11) is 1.61. The van der Waals surface area contributed by atoms with Crippen LogP contribution in [-0.2, 0) is 4.79 Å². The number of hydrogen-bond acceptors (Lipinski definition) is 6. The molecule has 0 aliphatic heterocycles. The summed E-state index contributed by atoms with van der Waals surface area (Å²) in [6.45, 7) is 2.04. The average molecular weight is 462 g/mol. The van der Waals surface area contributed by atoms with E-state index in [0.29, 0.717) is 11.1 Å². The SMILES string of the molecule is CCC(NC(=O)CSc1nnc(-c2ccc(OC)cc2)o1)c1ccc(Br)cc1. The van der Waals surface area contributed by atoms with Gasteiger partial charge in [-0.05, 0) is 48.4 Å². The maximum Gasteiger partial charge on any atom is 0.277 e. The first-order valence-corrected chi connectivity index (χ1v) is 10.5. The van der Waals surface area contributed by atoms with Crippen LogP contribution in [0, 0.1) is 0 Å². The molecule has 28 heavy (non-hydrogen) atoms. The van der Waals surface area contributed by atoms with E-state index < -0.39 is 0 Å². The van der Waals surface area contributed by atoms with Crippen molar-refractivity contribution < 1.29 is 13.9 Å². The Bertz CT molecular complexity index is 913. The van der Waals surface area contributed by atoms with E-state index in [1.165, 1.54) is 11.8 Å². The molecule has 3 rings (SSSR count). The van der Waals surface area contributed by atoms with E-state index in [1.807, 2.05) is 55.5 Å². The number of rotatable bonds is 8. The normalized spacial score (nSPS) is 11.8. The average Bonchev–Trinajstić information content (AvgIpc) is 3.20. The van der Waals surface area contributed by atoms with E-state index in [-0.39, 0.29) is 17.7 Å². The number of nitrogens with zero attached hydrogens (tertiary/aromatic N) is 2. The minimum atomic E-state index is -0.0797. The number of thioether (sulfide) groups is 1. The molecule has 0 aliphatic carbocycles. The van der Waals surface area contributed by atoms with Gasteiger partial charge >= 0.3 is 0 Å². The van der Waals surface area contributed by atoms with Crippen LogP contribution in [0.15, 0.2) is 62.6 Å². The number of benzene rings is 2. The molecule has 0 aliphatic rings. The van der Waals surface area contributed by atoms with E-state index in [4.69, 9.17) is 9.15 Å². The third kappa shape index (κ3) is 5.36. The smallest absolute Gasteiger partial charge is 0.277 e. The molecule has 0 radical (unpaired) electrons. The third-order valence-corrected chi connectivity index (χ3v) is 5.43. The first kappa shape index (κ1) is 20.4. The molecule has 1 atom stereocenters. The summed E-state index contributed by atoms with van der Waals surface area (Å²) in [5.74, 6) is 1.29. The molecule has 0 saturated heterocycles. The van der Waals surface area contributed by atoms with Crippen LogP contribution in [-0.4, -0.2) is 29.0 Å². The Hall–Kier alpha value is -2.32. The number of nitrogens with one attached hydrogen (secondary N) is 1. The Kier molecular flexibility index (Phi) is 7.11. The van der Waals surface area contributed by atoms with Crippen LogP contribution < -0.4 is 10.1 Å². The lowest BCUT2D eigenvalue weighted by atomic mass is 10.0. The maximum absolute atomic E-state index is 12.3. The standard InChI is InChI=1S/C20H20BrN3O3S/c1-3-17(13-4-8-15(21)9-5-13)22-18(25)12-28-20-24-23-19(27-20)14-6-10-16(26-2)11-7-14/h4-11,17H,3,12H2,1-2H3,(H,22,25). The Morgan fingerprint density at radius 2 is 1.89 bits per heavy atom. The fourth-order valence-corrected chi connectivity index (χ4v) is 3.44. The molecule has 1 N–H and O–H groups in total. The second-order valence-corrected chi connectivity index (χ2v) is 7.81. The van der Waals surface area contributed by atoms with Crippen molar-refractivity contribution in [2.75, 3.05) is 12.9 Å². The minimum absolute atomic E-state index is 0.0289. The van der Waals surface area contributed by atoms with E-state index in [1.54, 1.807) is 7.11 Å². The first-order valence-electron chi connectivity index (χ1n) is 8.74. The Labute approximate surface area is 176 Å². The van der Waals surface area contributed by atoms with Crippen molar-refractivity contribution in [3.63, 3.8) is 0 Å². The summed E-state index contributed by atoms with van der Waals surface area (Å²) in [5, 5.41) is 11.4. The predicted molar refractivity (Wildman–Crippen MR) is 112 cm³/mol. The second-order valence-electron chi connectivity index (χ2n) is 5.97. The number of aromatic nitrogens is 2. The highest BCUT2D eigenvalue weighted by Crippen LogP contribution is 2.25. The van der Waals surface area contributed by atoms with Gasteiger partial charge in [0.1, 0.15) is 5.75 Å². The number of halogens is 1. The molecule has 1 heterocycles. The third-order valence-electron chi connectivity index (χ3n) is 4.09. The second kappa shape index (κ2) is 9.75. The van der Waals surface area contributed by atoms with Gasteiger partial charge in [0.15, 0.2) is 0 Å². The van der Waals surface area contributed by atoms with Crippen molar-refractivity contribution in [3.8, 4) is 17.2 Å². The van der Waals surface area contributed by atoms with E-state index >= 15 is 0 Å². The molecule has 1 amide bonds. The number of amides is 1. The Morgan fingerprint density at radius 1 is 1.18 bits per heavy atom. The van der Waals surface area contributed by atoms with Crippen LogP contribution >= 0.6 is 27.7 Å². The molecule has 0 saturated carbocycles. The van der Waals surface area contributed by atoms with Gasteiger partial charge in [0.25, 0.3) is 5.22 Å². The van der Waals surface area contributed by atoms with Gasteiger partial charge in [-0.25, -0.2) is 0 Å². The van der Waals surface area contributed by atoms with Crippen molar-refractivity contribution in [1.29, 1.82) is 0 Å². The highest BCUT2D eigenvalue weighted by atomic mass is 79.9. The molecule has 3 aromatic rings. The van der Waals surface area contributed by atoms with Gasteiger partial charge in [-0.2, -0.15) is 0 Å². The van der Waals surface area contributed by atoms with Gasteiger partial charge in [-0.3, -0.25) is 4.79 Å². The number of carbonyl (C=O) groups excluding carboxylic acids is 1. The molecule has 1 aromatic heterocycles.